The number of carbonyl (C=O) groups excluding carboxylic acids is 1. The molecule has 7 heteroatoms. The summed E-state index contributed by atoms with van der Waals surface area (Å²) in [5, 5.41) is 4.21. The van der Waals surface area contributed by atoms with E-state index >= 15 is 0 Å². The van der Waals surface area contributed by atoms with Gasteiger partial charge in [0.25, 0.3) is 0 Å². The average Bonchev–Trinajstić information content (AvgIpc) is 3.56. The van der Waals surface area contributed by atoms with E-state index in [2.05, 4.69) is 5.16 Å². The molecule has 2 aromatic carbocycles. The van der Waals surface area contributed by atoms with E-state index < -0.39 is 0 Å². The van der Waals surface area contributed by atoms with Gasteiger partial charge in [-0.2, -0.15) is 0 Å². The summed E-state index contributed by atoms with van der Waals surface area (Å²) in [6.07, 6.45) is 1.92. The second-order valence-electron chi connectivity index (χ2n) is 7.55. The van der Waals surface area contributed by atoms with Crippen molar-refractivity contribution in [2.45, 2.75) is 25.9 Å². The van der Waals surface area contributed by atoms with Crippen molar-refractivity contribution in [3.8, 4) is 28.6 Å². The molecule has 0 atom stereocenters. The molecule has 0 N–H and O–H groups in total. The van der Waals surface area contributed by atoms with Crippen LogP contribution in [0.2, 0.25) is 0 Å². The number of aromatic nitrogens is 1. The summed E-state index contributed by atoms with van der Waals surface area (Å²) in [5.41, 5.74) is 2.52. The van der Waals surface area contributed by atoms with E-state index in [0.29, 0.717) is 41.8 Å². The molecule has 7 nitrogen and oxygen atoms in total. The number of benzene rings is 2. The lowest BCUT2D eigenvalue weighted by atomic mass is 10.1. The fraction of sp³-hybridized carbons (Fsp3) is 0.333. The fourth-order valence-electron chi connectivity index (χ4n) is 3.55. The number of nitrogens with zero attached hydrogens (tertiary/aromatic N) is 2. The highest BCUT2D eigenvalue weighted by Gasteiger charge is 2.33. The number of amides is 1. The predicted octanol–water partition coefficient (Wildman–Crippen LogP) is 4.31. The molecule has 1 aliphatic carbocycles. The Balaban J connectivity index is 1.57. The van der Waals surface area contributed by atoms with Crippen LogP contribution in [0.1, 0.15) is 24.1 Å². The normalized spacial score (nSPS) is 13.0. The van der Waals surface area contributed by atoms with Crippen molar-refractivity contribution in [1.82, 2.24) is 10.1 Å². The predicted molar refractivity (Wildman–Crippen MR) is 115 cm³/mol. The third-order valence-electron chi connectivity index (χ3n) is 5.32. The summed E-state index contributed by atoms with van der Waals surface area (Å²) < 4.78 is 21.8. The summed E-state index contributed by atoms with van der Waals surface area (Å²) in [6.45, 7) is 0.931. The zero-order chi connectivity index (χ0) is 21.8. The van der Waals surface area contributed by atoms with E-state index in [-0.39, 0.29) is 11.8 Å². The molecule has 0 radical (unpaired) electrons. The van der Waals surface area contributed by atoms with Gasteiger partial charge in [0, 0.05) is 24.1 Å². The number of hydrogen-bond acceptors (Lipinski definition) is 6. The Morgan fingerprint density at radius 2 is 1.68 bits per heavy atom. The van der Waals surface area contributed by atoms with Gasteiger partial charge in [-0.15, -0.1) is 0 Å². The number of methoxy groups -OCH3 is 3. The second kappa shape index (κ2) is 9.12. The first kappa shape index (κ1) is 20.8. The van der Waals surface area contributed by atoms with Crippen molar-refractivity contribution in [2.75, 3.05) is 21.3 Å². The molecule has 162 valence electrons. The summed E-state index contributed by atoms with van der Waals surface area (Å²) in [7, 11) is 4.69. The zero-order valence-electron chi connectivity index (χ0n) is 18.0. The molecule has 0 spiro atoms. The molecule has 31 heavy (non-hydrogen) atoms. The topological polar surface area (TPSA) is 74.0 Å². The summed E-state index contributed by atoms with van der Waals surface area (Å²) in [5.74, 6) is 2.44. The first-order valence-electron chi connectivity index (χ1n) is 10.2. The van der Waals surface area contributed by atoms with Crippen LogP contribution < -0.4 is 14.2 Å². The third kappa shape index (κ3) is 4.66. The molecule has 1 heterocycles. The van der Waals surface area contributed by atoms with Crippen LogP contribution in [0, 0.1) is 5.92 Å². The first-order valence-corrected chi connectivity index (χ1v) is 10.2. The molecular formula is C24H26N2O5. The molecule has 4 rings (SSSR count). The van der Waals surface area contributed by atoms with Gasteiger partial charge in [0.1, 0.15) is 5.69 Å². The van der Waals surface area contributed by atoms with Crippen LogP contribution in [0.4, 0.5) is 0 Å². The van der Waals surface area contributed by atoms with Crippen molar-refractivity contribution in [3.05, 3.63) is 59.8 Å². The molecule has 0 bridgehead atoms. The lowest BCUT2D eigenvalue weighted by molar-refractivity contribution is -0.133. The second-order valence-corrected chi connectivity index (χ2v) is 7.55. The maximum Gasteiger partial charge on any atom is 0.226 e. The Bertz CT molecular complexity index is 1020. The third-order valence-corrected chi connectivity index (χ3v) is 5.32. The lowest BCUT2D eigenvalue weighted by Crippen LogP contribution is -2.31. The standard InChI is InChI=1S/C24H26N2O5/c1-28-21-11-18(12-22(29-2)23(21)30-3)20-13-19(25-31-20)15-26(24(27)17-9-10-17)14-16-7-5-4-6-8-16/h4-8,11-13,17H,9-10,14-15H2,1-3H3. The van der Waals surface area contributed by atoms with E-state index in [9.17, 15) is 4.79 Å². The van der Waals surface area contributed by atoms with Crippen LogP contribution in [0.5, 0.6) is 17.2 Å². The molecule has 0 aliphatic heterocycles. The van der Waals surface area contributed by atoms with E-state index in [0.717, 1.165) is 24.0 Å². The molecule has 1 fully saturated rings. The largest absolute Gasteiger partial charge is 0.493 e. The van der Waals surface area contributed by atoms with E-state index in [1.807, 2.05) is 53.4 Å². The van der Waals surface area contributed by atoms with E-state index in [4.69, 9.17) is 18.7 Å². The molecule has 1 saturated carbocycles. The molecule has 3 aromatic rings. The number of ether oxygens (including phenoxy) is 3. The molecule has 1 aliphatic rings. The van der Waals surface area contributed by atoms with Crippen molar-refractivity contribution in [2.24, 2.45) is 5.92 Å². The SMILES string of the molecule is COc1cc(-c2cc(CN(Cc3ccccc3)C(=O)C3CC3)no2)cc(OC)c1OC. The van der Waals surface area contributed by atoms with Crippen LogP contribution in [-0.4, -0.2) is 37.3 Å². The van der Waals surface area contributed by atoms with Gasteiger partial charge in [0.15, 0.2) is 17.3 Å². The van der Waals surface area contributed by atoms with Gasteiger partial charge >= 0.3 is 0 Å². The van der Waals surface area contributed by atoms with Gasteiger partial charge in [-0.3, -0.25) is 4.79 Å². The molecule has 0 saturated heterocycles. The molecule has 1 amide bonds. The van der Waals surface area contributed by atoms with Crippen LogP contribution in [-0.2, 0) is 17.9 Å². The Kier molecular flexibility index (Phi) is 6.11. The van der Waals surface area contributed by atoms with Crippen molar-refractivity contribution < 1.29 is 23.5 Å². The van der Waals surface area contributed by atoms with Crippen molar-refractivity contribution >= 4 is 5.91 Å². The molecule has 0 unspecified atom stereocenters. The number of rotatable bonds is 9. The van der Waals surface area contributed by atoms with Crippen molar-refractivity contribution in [3.63, 3.8) is 0 Å². The smallest absolute Gasteiger partial charge is 0.226 e. The summed E-state index contributed by atoms with van der Waals surface area (Å²) in [4.78, 5) is 14.7. The summed E-state index contributed by atoms with van der Waals surface area (Å²) in [6, 6.07) is 15.4. The van der Waals surface area contributed by atoms with Gasteiger partial charge in [0.05, 0.1) is 27.9 Å². The van der Waals surface area contributed by atoms with E-state index in [1.165, 1.54) is 0 Å². The maximum atomic E-state index is 12.8. The minimum atomic E-state index is 0.130. The highest BCUT2D eigenvalue weighted by molar-refractivity contribution is 5.81. The Hall–Kier alpha value is -3.48. The van der Waals surface area contributed by atoms with Crippen molar-refractivity contribution in [1.29, 1.82) is 0 Å². The first-order chi connectivity index (χ1) is 15.1. The minimum absolute atomic E-state index is 0.130. The maximum absolute atomic E-state index is 12.8. The van der Waals surface area contributed by atoms with Gasteiger partial charge in [-0.25, -0.2) is 0 Å². The number of hydrogen-bond donors (Lipinski definition) is 0. The highest BCUT2D eigenvalue weighted by Crippen LogP contribution is 2.41. The van der Waals surface area contributed by atoms with Gasteiger partial charge < -0.3 is 23.6 Å². The van der Waals surface area contributed by atoms with Crippen LogP contribution in [0.3, 0.4) is 0 Å². The van der Waals surface area contributed by atoms with Gasteiger partial charge in [0.2, 0.25) is 11.7 Å². The number of carbonyl (C=O) groups is 1. The minimum Gasteiger partial charge on any atom is -0.493 e. The van der Waals surface area contributed by atoms with E-state index in [1.54, 1.807) is 21.3 Å². The average molecular weight is 422 g/mol. The quantitative estimate of drug-likeness (QED) is 0.512. The Morgan fingerprint density at radius 1 is 1.00 bits per heavy atom. The highest BCUT2D eigenvalue weighted by atomic mass is 16.5. The van der Waals surface area contributed by atoms with Gasteiger partial charge in [-0.1, -0.05) is 35.5 Å². The summed E-state index contributed by atoms with van der Waals surface area (Å²) >= 11 is 0. The zero-order valence-corrected chi connectivity index (χ0v) is 18.0. The van der Waals surface area contributed by atoms with Gasteiger partial charge in [-0.05, 0) is 30.5 Å². The lowest BCUT2D eigenvalue weighted by Gasteiger charge is -2.21. The molecular weight excluding hydrogens is 396 g/mol. The fourth-order valence-corrected chi connectivity index (χ4v) is 3.55. The monoisotopic (exact) mass is 422 g/mol. The Labute approximate surface area is 181 Å². The van der Waals surface area contributed by atoms with Crippen LogP contribution in [0.25, 0.3) is 11.3 Å². The Morgan fingerprint density at radius 3 is 2.26 bits per heavy atom. The molecule has 1 aromatic heterocycles. The van der Waals surface area contributed by atoms with Crippen LogP contribution in [0.15, 0.2) is 53.1 Å². The van der Waals surface area contributed by atoms with Crippen LogP contribution >= 0.6 is 0 Å².